The Labute approximate surface area is 185 Å². The van der Waals surface area contributed by atoms with Crippen LogP contribution in [0.1, 0.15) is 45.7 Å². The molecule has 0 saturated heterocycles. The number of ether oxygens (including phenoxy) is 2. The summed E-state index contributed by atoms with van der Waals surface area (Å²) in [6, 6.07) is 16.4. The van der Waals surface area contributed by atoms with Crippen LogP contribution < -0.4 is 9.47 Å². The van der Waals surface area contributed by atoms with Crippen LogP contribution in [0.3, 0.4) is 0 Å². The predicted octanol–water partition coefficient (Wildman–Crippen LogP) is 6.25. The average Bonchev–Trinajstić information content (AvgIpc) is 2.75. The summed E-state index contributed by atoms with van der Waals surface area (Å²) in [5.74, 6) is 0.777. The summed E-state index contributed by atoms with van der Waals surface area (Å²) in [6.07, 6.45) is 0. The van der Waals surface area contributed by atoms with Crippen molar-refractivity contribution in [1.82, 2.24) is 0 Å². The van der Waals surface area contributed by atoms with Crippen LogP contribution in [0.4, 0.5) is 0 Å². The number of carbonyl (C=O) groups excluding carboxylic acids is 2. The van der Waals surface area contributed by atoms with Gasteiger partial charge in [0.15, 0.2) is 11.6 Å². The van der Waals surface area contributed by atoms with E-state index in [9.17, 15) is 9.59 Å². The van der Waals surface area contributed by atoms with E-state index in [1.807, 2.05) is 13.8 Å². The zero-order chi connectivity index (χ0) is 21.7. The molecule has 30 heavy (non-hydrogen) atoms. The number of benzene rings is 3. The van der Waals surface area contributed by atoms with Crippen LogP contribution in [0.5, 0.6) is 11.5 Å². The lowest BCUT2D eigenvalue weighted by Crippen LogP contribution is -2.07. The van der Waals surface area contributed by atoms with Crippen LogP contribution in [0.15, 0.2) is 60.7 Å². The summed E-state index contributed by atoms with van der Waals surface area (Å²) < 4.78 is 10.8. The van der Waals surface area contributed by atoms with Crippen molar-refractivity contribution in [2.75, 3.05) is 13.2 Å². The van der Waals surface area contributed by atoms with Gasteiger partial charge in [0.25, 0.3) is 0 Å². The third kappa shape index (κ3) is 4.84. The molecule has 0 atom stereocenters. The lowest BCUT2D eigenvalue weighted by Gasteiger charge is -2.10. The molecule has 6 heteroatoms. The minimum atomic E-state index is -0.287. The van der Waals surface area contributed by atoms with Crippen molar-refractivity contribution in [3.05, 3.63) is 93.0 Å². The molecule has 0 aliphatic heterocycles. The molecule has 3 aromatic carbocycles. The first-order valence-electron chi connectivity index (χ1n) is 9.48. The second kappa shape index (κ2) is 9.79. The standard InChI is InChI=1S/C24H20Cl2O4/c1-3-29-17-9-5-15(6-10-17)23(27)19-13-22(26)20(14-21(19)25)24(28)16-7-11-18(12-8-16)30-4-2/h5-14H,3-4H2,1-2H3. The molecule has 0 aliphatic rings. The molecular weight excluding hydrogens is 423 g/mol. The van der Waals surface area contributed by atoms with E-state index >= 15 is 0 Å². The summed E-state index contributed by atoms with van der Waals surface area (Å²) in [5, 5.41) is 0.320. The second-order valence-electron chi connectivity index (χ2n) is 6.38. The van der Waals surface area contributed by atoms with E-state index in [0.29, 0.717) is 35.8 Å². The molecule has 0 heterocycles. The van der Waals surface area contributed by atoms with Gasteiger partial charge in [0.1, 0.15) is 11.5 Å². The Bertz CT molecular complexity index is 971. The molecule has 154 valence electrons. The number of halogens is 2. The molecule has 0 unspecified atom stereocenters. The maximum Gasteiger partial charge on any atom is 0.194 e. The van der Waals surface area contributed by atoms with Gasteiger partial charge in [-0.1, -0.05) is 23.2 Å². The van der Waals surface area contributed by atoms with E-state index in [2.05, 4.69) is 0 Å². The van der Waals surface area contributed by atoms with E-state index in [1.165, 1.54) is 12.1 Å². The van der Waals surface area contributed by atoms with Crippen molar-refractivity contribution >= 4 is 34.8 Å². The third-order valence-corrected chi connectivity index (χ3v) is 5.03. The Kier molecular flexibility index (Phi) is 7.14. The summed E-state index contributed by atoms with van der Waals surface area (Å²) in [4.78, 5) is 25.7. The quantitative estimate of drug-likeness (QED) is 0.386. The summed E-state index contributed by atoms with van der Waals surface area (Å²) >= 11 is 12.7. The van der Waals surface area contributed by atoms with E-state index in [1.54, 1.807) is 48.5 Å². The Morgan fingerprint density at radius 3 is 1.30 bits per heavy atom. The van der Waals surface area contributed by atoms with Crippen molar-refractivity contribution in [3.8, 4) is 11.5 Å². The SMILES string of the molecule is CCOc1ccc(C(=O)c2cc(Cl)c(C(=O)c3ccc(OCC)cc3)cc2Cl)cc1. The molecule has 3 aromatic rings. The number of carbonyl (C=O) groups is 2. The molecule has 0 bridgehead atoms. The second-order valence-corrected chi connectivity index (χ2v) is 7.20. The molecular formula is C24H20Cl2O4. The largest absolute Gasteiger partial charge is 0.494 e. The summed E-state index contributed by atoms with van der Waals surface area (Å²) in [5.41, 5.74) is 1.35. The lowest BCUT2D eigenvalue weighted by molar-refractivity contribution is 0.102. The van der Waals surface area contributed by atoms with Gasteiger partial charge in [0.2, 0.25) is 0 Å². The Morgan fingerprint density at radius 1 is 0.667 bits per heavy atom. The highest BCUT2D eigenvalue weighted by atomic mass is 35.5. The fourth-order valence-corrected chi connectivity index (χ4v) is 3.44. The zero-order valence-corrected chi connectivity index (χ0v) is 18.1. The molecule has 0 aromatic heterocycles. The number of ketones is 2. The molecule has 0 aliphatic carbocycles. The van der Waals surface area contributed by atoms with E-state index in [4.69, 9.17) is 32.7 Å². The number of rotatable bonds is 8. The van der Waals surface area contributed by atoms with Crippen molar-refractivity contribution in [2.24, 2.45) is 0 Å². The zero-order valence-electron chi connectivity index (χ0n) is 16.6. The fourth-order valence-electron chi connectivity index (χ4n) is 2.94. The van der Waals surface area contributed by atoms with Gasteiger partial charge < -0.3 is 9.47 Å². The minimum Gasteiger partial charge on any atom is -0.494 e. The molecule has 0 saturated carbocycles. The molecule has 0 N–H and O–H groups in total. The van der Waals surface area contributed by atoms with E-state index in [0.717, 1.165) is 0 Å². The minimum absolute atomic E-state index is 0.160. The lowest BCUT2D eigenvalue weighted by atomic mass is 9.98. The van der Waals surface area contributed by atoms with Gasteiger partial charge in [-0.05, 0) is 74.5 Å². The summed E-state index contributed by atoms with van der Waals surface area (Å²) in [6.45, 7) is 4.85. The fraction of sp³-hybridized carbons (Fsp3) is 0.167. The third-order valence-electron chi connectivity index (χ3n) is 4.40. The van der Waals surface area contributed by atoms with E-state index in [-0.39, 0.29) is 32.7 Å². The van der Waals surface area contributed by atoms with Gasteiger partial charge in [0, 0.05) is 22.3 Å². The Hall–Kier alpha value is -2.82. The van der Waals surface area contributed by atoms with Gasteiger partial charge >= 0.3 is 0 Å². The number of hydrogen-bond acceptors (Lipinski definition) is 4. The molecule has 0 spiro atoms. The smallest absolute Gasteiger partial charge is 0.194 e. The highest BCUT2D eigenvalue weighted by Crippen LogP contribution is 2.29. The van der Waals surface area contributed by atoms with Crippen molar-refractivity contribution < 1.29 is 19.1 Å². The molecule has 0 amide bonds. The first-order chi connectivity index (χ1) is 14.4. The summed E-state index contributed by atoms with van der Waals surface area (Å²) in [7, 11) is 0. The van der Waals surface area contributed by atoms with Crippen molar-refractivity contribution in [3.63, 3.8) is 0 Å². The molecule has 0 radical (unpaired) electrons. The predicted molar refractivity (Wildman–Crippen MR) is 119 cm³/mol. The normalized spacial score (nSPS) is 10.5. The van der Waals surface area contributed by atoms with Crippen LogP contribution in [0.2, 0.25) is 10.0 Å². The van der Waals surface area contributed by atoms with Gasteiger partial charge in [-0.2, -0.15) is 0 Å². The Morgan fingerprint density at radius 2 is 1.00 bits per heavy atom. The molecule has 3 rings (SSSR count). The van der Waals surface area contributed by atoms with Crippen LogP contribution >= 0.6 is 23.2 Å². The van der Waals surface area contributed by atoms with Crippen LogP contribution in [-0.4, -0.2) is 24.8 Å². The van der Waals surface area contributed by atoms with Gasteiger partial charge in [0.05, 0.1) is 23.3 Å². The maximum absolute atomic E-state index is 12.9. The maximum atomic E-state index is 12.9. The van der Waals surface area contributed by atoms with Crippen LogP contribution in [0, 0.1) is 0 Å². The first kappa shape index (κ1) is 21.9. The first-order valence-corrected chi connectivity index (χ1v) is 10.2. The highest BCUT2D eigenvalue weighted by molar-refractivity contribution is 6.39. The highest BCUT2D eigenvalue weighted by Gasteiger charge is 2.20. The van der Waals surface area contributed by atoms with Gasteiger partial charge in [-0.3, -0.25) is 9.59 Å². The average molecular weight is 443 g/mol. The van der Waals surface area contributed by atoms with Crippen molar-refractivity contribution in [1.29, 1.82) is 0 Å². The number of hydrogen-bond donors (Lipinski definition) is 0. The van der Waals surface area contributed by atoms with Crippen molar-refractivity contribution in [2.45, 2.75) is 13.8 Å². The topological polar surface area (TPSA) is 52.6 Å². The monoisotopic (exact) mass is 442 g/mol. The van der Waals surface area contributed by atoms with Crippen LogP contribution in [0.25, 0.3) is 0 Å². The van der Waals surface area contributed by atoms with Crippen LogP contribution in [-0.2, 0) is 0 Å². The molecule has 0 fully saturated rings. The Balaban J connectivity index is 1.87. The van der Waals surface area contributed by atoms with E-state index < -0.39 is 0 Å². The van der Waals surface area contributed by atoms with Gasteiger partial charge in [-0.15, -0.1) is 0 Å². The van der Waals surface area contributed by atoms with Gasteiger partial charge in [-0.25, -0.2) is 0 Å². The molecule has 4 nitrogen and oxygen atoms in total.